The van der Waals surface area contributed by atoms with E-state index >= 15 is 0 Å². The molecule has 2 N–H and O–H groups in total. The number of aromatic nitrogens is 2. The standard InChI is InChI=1S/C18H15ClN4O4/c19-13-6-2-4-8-16(13)27-11-18(26)22-21-17(25)10-23-14-7-3-1-5-12(14)15(24)9-20-23/h1-9H,10-11H2,(H,21,25)(H,22,26). The average molecular weight is 387 g/mol. The third-order valence-corrected chi connectivity index (χ3v) is 3.90. The first-order chi connectivity index (χ1) is 13.0. The number of para-hydroxylation sites is 2. The molecule has 1 heterocycles. The minimum atomic E-state index is -0.555. The first-order valence-corrected chi connectivity index (χ1v) is 8.32. The molecule has 0 atom stereocenters. The Morgan fingerprint density at radius 1 is 1.04 bits per heavy atom. The van der Waals surface area contributed by atoms with E-state index in [1.807, 2.05) is 0 Å². The van der Waals surface area contributed by atoms with Crippen molar-refractivity contribution in [2.75, 3.05) is 6.61 Å². The van der Waals surface area contributed by atoms with Gasteiger partial charge in [0.2, 0.25) is 5.43 Å². The van der Waals surface area contributed by atoms with Crippen LogP contribution in [0, 0.1) is 0 Å². The van der Waals surface area contributed by atoms with Crippen LogP contribution < -0.4 is 21.0 Å². The summed E-state index contributed by atoms with van der Waals surface area (Å²) in [5, 5.41) is 4.79. The molecule has 0 fully saturated rings. The second-order valence-electron chi connectivity index (χ2n) is 5.50. The van der Waals surface area contributed by atoms with Gasteiger partial charge in [-0.15, -0.1) is 0 Å². The summed E-state index contributed by atoms with van der Waals surface area (Å²) in [5.41, 5.74) is 4.81. The molecule has 0 saturated heterocycles. The zero-order valence-electron chi connectivity index (χ0n) is 14.0. The summed E-state index contributed by atoms with van der Waals surface area (Å²) in [6.07, 6.45) is 1.14. The second-order valence-corrected chi connectivity index (χ2v) is 5.91. The molecule has 0 bridgehead atoms. The maximum atomic E-state index is 12.0. The Balaban J connectivity index is 1.54. The topological polar surface area (TPSA) is 102 Å². The minimum absolute atomic E-state index is 0.174. The van der Waals surface area contributed by atoms with Crippen molar-refractivity contribution in [2.24, 2.45) is 0 Å². The number of halogens is 1. The van der Waals surface area contributed by atoms with Crippen LogP contribution in [-0.4, -0.2) is 28.2 Å². The number of ether oxygens (including phenoxy) is 1. The molecule has 0 radical (unpaired) electrons. The summed E-state index contributed by atoms with van der Waals surface area (Å²) in [5.74, 6) is -0.701. The van der Waals surface area contributed by atoms with Gasteiger partial charge in [0.25, 0.3) is 11.8 Å². The van der Waals surface area contributed by atoms with Crippen molar-refractivity contribution >= 4 is 34.3 Å². The van der Waals surface area contributed by atoms with E-state index in [0.717, 1.165) is 6.20 Å². The summed E-state index contributed by atoms with van der Waals surface area (Å²) in [6, 6.07) is 13.5. The number of carbonyl (C=O) groups is 2. The summed E-state index contributed by atoms with van der Waals surface area (Å²) in [4.78, 5) is 35.6. The van der Waals surface area contributed by atoms with E-state index in [1.165, 1.54) is 4.68 Å². The maximum absolute atomic E-state index is 12.0. The smallest absolute Gasteiger partial charge is 0.276 e. The van der Waals surface area contributed by atoms with Crippen LogP contribution in [-0.2, 0) is 16.1 Å². The third-order valence-electron chi connectivity index (χ3n) is 3.59. The highest BCUT2D eigenvalue weighted by molar-refractivity contribution is 6.32. The SMILES string of the molecule is O=C(COc1ccccc1Cl)NNC(=O)Cn1ncc(=O)c2ccccc21. The zero-order valence-corrected chi connectivity index (χ0v) is 14.8. The van der Waals surface area contributed by atoms with Crippen molar-refractivity contribution in [1.82, 2.24) is 20.6 Å². The summed E-state index contributed by atoms with van der Waals surface area (Å²) in [6.45, 7) is -0.490. The molecule has 2 aromatic carbocycles. The molecule has 0 saturated carbocycles. The molecule has 0 aliphatic heterocycles. The lowest BCUT2D eigenvalue weighted by Gasteiger charge is -2.11. The number of hydrogen-bond acceptors (Lipinski definition) is 5. The van der Waals surface area contributed by atoms with Gasteiger partial charge in [0.05, 0.1) is 16.7 Å². The highest BCUT2D eigenvalue weighted by Crippen LogP contribution is 2.22. The number of amides is 2. The summed E-state index contributed by atoms with van der Waals surface area (Å²) >= 11 is 5.93. The van der Waals surface area contributed by atoms with Crippen molar-refractivity contribution in [3.05, 3.63) is 70.0 Å². The summed E-state index contributed by atoms with van der Waals surface area (Å²) in [7, 11) is 0. The van der Waals surface area contributed by atoms with Gasteiger partial charge in [0, 0.05) is 5.39 Å². The van der Waals surface area contributed by atoms with Crippen LogP contribution in [0.3, 0.4) is 0 Å². The largest absolute Gasteiger partial charge is 0.482 e. The molecule has 3 rings (SSSR count). The predicted molar refractivity (Wildman–Crippen MR) is 99.2 cm³/mol. The van der Waals surface area contributed by atoms with Crippen LogP contribution in [0.25, 0.3) is 10.9 Å². The molecule has 8 nitrogen and oxygen atoms in total. The maximum Gasteiger partial charge on any atom is 0.276 e. The number of nitrogens with zero attached hydrogens (tertiary/aromatic N) is 2. The zero-order chi connectivity index (χ0) is 19.2. The highest BCUT2D eigenvalue weighted by Gasteiger charge is 2.10. The van der Waals surface area contributed by atoms with Gasteiger partial charge in [-0.1, -0.05) is 35.9 Å². The Hall–Kier alpha value is -3.39. The Kier molecular flexibility index (Phi) is 5.68. The number of carbonyl (C=O) groups excluding carboxylic acids is 2. The fraction of sp³-hybridized carbons (Fsp3) is 0.111. The lowest BCUT2D eigenvalue weighted by molar-refractivity contribution is -0.130. The Bertz CT molecular complexity index is 1050. The third kappa shape index (κ3) is 4.62. The lowest BCUT2D eigenvalue weighted by atomic mass is 10.2. The van der Waals surface area contributed by atoms with Gasteiger partial charge >= 0.3 is 0 Å². The number of hydrazine groups is 1. The minimum Gasteiger partial charge on any atom is -0.482 e. The van der Waals surface area contributed by atoms with E-state index in [0.29, 0.717) is 21.7 Å². The second kappa shape index (κ2) is 8.33. The molecule has 0 spiro atoms. The molecule has 0 unspecified atom stereocenters. The highest BCUT2D eigenvalue weighted by atomic mass is 35.5. The van der Waals surface area contributed by atoms with Gasteiger partial charge in [-0.3, -0.25) is 29.9 Å². The van der Waals surface area contributed by atoms with E-state index in [1.54, 1.807) is 48.5 Å². The Labute approximate surface area is 158 Å². The molecule has 9 heteroatoms. The van der Waals surface area contributed by atoms with Gasteiger partial charge in [0.1, 0.15) is 12.3 Å². The van der Waals surface area contributed by atoms with Crippen LogP contribution in [0.5, 0.6) is 5.75 Å². The molecule has 3 aromatic rings. The molecule has 2 amide bonds. The first kappa shape index (κ1) is 18.4. The summed E-state index contributed by atoms with van der Waals surface area (Å²) < 4.78 is 6.65. The molecule has 0 aliphatic rings. The van der Waals surface area contributed by atoms with Crippen molar-refractivity contribution in [1.29, 1.82) is 0 Å². The van der Waals surface area contributed by atoms with E-state index < -0.39 is 11.8 Å². The van der Waals surface area contributed by atoms with E-state index in [9.17, 15) is 14.4 Å². The number of nitrogens with one attached hydrogen (secondary N) is 2. The van der Waals surface area contributed by atoms with Crippen molar-refractivity contribution in [3.8, 4) is 5.75 Å². The van der Waals surface area contributed by atoms with Crippen LogP contribution in [0.1, 0.15) is 0 Å². The average Bonchev–Trinajstić information content (AvgIpc) is 2.68. The monoisotopic (exact) mass is 386 g/mol. The quantitative estimate of drug-likeness (QED) is 0.643. The van der Waals surface area contributed by atoms with Gasteiger partial charge in [0.15, 0.2) is 6.61 Å². The molecular weight excluding hydrogens is 372 g/mol. The molecule has 138 valence electrons. The van der Waals surface area contributed by atoms with E-state index in [4.69, 9.17) is 16.3 Å². The normalized spacial score (nSPS) is 10.4. The molecule has 27 heavy (non-hydrogen) atoms. The molecule has 0 aliphatic carbocycles. The fourth-order valence-corrected chi connectivity index (χ4v) is 2.53. The number of hydrogen-bond donors (Lipinski definition) is 2. The van der Waals surface area contributed by atoms with Gasteiger partial charge in [-0.05, 0) is 24.3 Å². The first-order valence-electron chi connectivity index (χ1n) is 7.94. The van der Waals surface area contributed by atoms with Crippen LogP contribution in [0.15, 0.2) is 59.5 Å². The number of rotatable bonds is 5. The lowest BCUT2D eigenvalue weighted by Crippen LogP contribution is -2.45. The van der Waals surface area contributed by atoms with Crippen LogP contribution >= 0.6 is 11.6 Å². The fourth-order valence-electron chi connectivity index (χ4n) is 2.34. The van der Waals surface area contributed by atoms with Gasteiger partial charge in [-0.2, -0.15) is 5.10 Å². The predicted octanol–water partition coefficient (Wildman–Crippen LogP) is 1.28. The van der Waals surface area contributed by atoms with Crippen LogP contribution in [0.2, 0.25) is 5.02 Å². The number of benzene rings is 2. The molecule has 1 aromatic heterocycles. The van der Waals surface area contributed by atoms with E-state index in [-0.39, 0.29) is 18.6 Å². The molecular formula is C18H15ClN4O4. The van der Waals surface area contributed by atoms with Crippen LogP contribution in [0.4, 0.5) is 0 Å². The Morgan fingerprint density at radius 3 is 2.56 bits per heavy atom. The van der Waals surface area contributed by atoms with Gasteiger partial charge < -0.3 is 4.74 Å². The number of fused-ring (bicyclic) bond motifs is 1. The Morgan fingerprint density at radius 2 is 1.74 bits per heavy atom. The van der Waals surface area contributed by atoms with Gasteiger partial charge in [-0.25, -0.2) is 0 Å². The van der Waals surface area contributed by atoms with E-state index in [2.05, 4.69) is 16.0 Å². The van der Waals surface area contributed by atoms with Crippen molar-refractivity contribution in [2.45, 2.75) is 6.54 Å². The van der Waals surface area contributed by atoms with Crippen molar-refractivity contribution < 1.29 is 14.3 Å². The van der Waals surface area contributed by atoms with Crippen molar-refractivity contribution in [3.63, 3.8) is 0 Å².